The highest BCUT2D eigenvalue weighted by atomic mass is 32.2. The highest BCUT2D eigenvalue weighted by molar-refractivity contribution is 7.98. The number of hydrogen-bond donors (Lipinski definition) is 1. The monoisotopic (exact) mass is 448 g/mol. The van der Waals surface area contributed by atoms with Gasteiger partial charge in [-0.15, -0.1) is 10.2 Å². The standard InChI is InChI=1S/C25H28N4O2S/c1-31-22-9-5-8-20(16-22)17-26-25(30)21-12-14-29(15-13-21)23-10-11-24(28-27-23)32-18-19-6-3-2-4-7-19/h2-11,16,21H,12-15,17-18H2,1H3,(H,26,30). The van der Waals surface area contributed by atoms with E-state index in [0.717, 1.165) is 53.8 Å². The molecule has 4 rings (SSSR count). The lowest BCUT2D eigenvalue weighted by molar-refractivity contribution is -0.125. The van der Waals surface area contributed by atoms with Crippen LogP contribution >= 0.6 is 11.8 Å². The average Bonchev–Trinajstić information content (AvgIpc) is 2.87. The molecule has 0 unspecified atom stereocenters. The molecule has 166 valence electrons. The molecule has 3 aromatic rings. The maximum Gasteiger partial charge on any atom is 0.223 e. The summed E-state index contributed by atoms with van der Waals surface area (Å²) in [7, 11) is 1.65. The largest absolute Gasteiger partial charge is 0.497 e. The second-order valence-corrected chi connectivity index (χ2v) is 8.83. The number of hydrogen-bond acceptors (Lipinski definition) is 6. The Morgan fingerprint density at radius 2 is 1.81 bits per heavy atom. The van der Waals surface area contributed by atoms with Gasteiger partial charge in [0.25, 0.3) is 0 Å². The number of nitrogens with one attached hydrogen (secondary N) is 1. The summed E-state index contributed by atoms with van der Waals surface area (Å²) >= 11 is 1.69. The lowest BCUT2D eigenvalue weighted by Crippen LogP contribution is -2.40. The summed E-state index contributed by atoms with van der Waals surface area (Å²) in [5, 5.41) is 12.8. The molecule has 0 radical (unpaired) electrons. The van der Waals surface area contributed by atoms with Crippen LogP contribution in [0.4, 0.5) is 5.82 Å². The smallest absolute Gasteiger partial charge is 0.223 e. The van der Waals surface area contributed by atoms with Gasteiger partial charge >= 0.3 is 0 Å². The van der Waals surface area contributed by atoms with Crippen LogP contribution in [0.15, 0.2) is 71.8 Å². The summed E-state index contributed by atoms with van der Waals surface area (Å²) < 4.78 is 5.24. The van der Waals surface area contributed by atoms with Gasteiger partial charge in [-0.1, -0.05) is 54.2 Å². The fourth-order valence-corrected chi connectivity index (χ4v) is 4.55. The molecule has 0 bridgehead atoms. The SMILES string of the molecule is COc1cccc(CNC(=O)C2CCN(c3ccc(SCc4ccccc4)nn3)CC2)c1. The van der Waals surface area contributed by atoms with Crippen molar-refractivity contribution in [2.24, 2.45) is 5.92 Å². The minimum absolute atomic E-state index is 0.0329. The first-order valence-electron chi connectivity index (χ1n) is 10.9. The van der Waals surface area contributed by atoms with E-state index in [2.05, 4.69) is 32.5 Å². The molecule has 1 saturated heterocycles. The molecule has 6 nitrogen and oxygen atoms in total. The van der Waals surface area contributed by atoms with Gasteiger partial charge in [-0.2, -0.15) is 0 Å². The van der Waals surface area contributed by atoms with Crippen LogP contribution in [-0.4, -0.2) is 36.3 Å². The Bertz CT molecular complexity index is 1010. The molecular weight excluding hydrogens is 420 g/mol. The zero-order valence-corrected chi connectivity index (χ0v) is 19.1. The molecule has 0 aliphatic carbocycles. The maximum atomic E-state index is 12.6. The second kappa shape index (κ2) is 11.0. The third-order valence-corrected chi connectivity index (χ3v) is 6.64. The summed E-state index contributed by atoms with van der Waals surface area (Å²) in [6, 6.07) is 22.2. The number of anilines is 1. The highest BCUT2D eigenvalue weighted by Gasteiger charge is 2.25. The van der Waals surface area contributed by atoms with Crippen LogP contribution in [0.1, 0.15) is 24.0 Å². The molecule has 1 aliphatic rings. The van der Waals surface area contributed by atoms with Crippen LogP contribution in [0.5, 0.6) is 5.75 Å². The number of carbonyl (C=O) groups is 1. The van der Waals surface area contributed by atoms with Crippen LogP contribution in [-0.2, 0) is 17.1 Å². The van der Waals surface area contributed by atoms with E-state index in [1.807, 2.05) is 54.6 Å². The zero-order valence-electron chi connectivity index (χ0n) is 18.2. The number of nitrogens with zero attached hydrogens (tertiary/aromatic N) is 3. The molecule has 1 aliphatic heterocycles. The number of aromatic nitrogens is 2. The van der Waals surface area contributed by atoms with Crippen molar-refractivity contribution in [3.63, 3.8) is 0 Å². The van der Waals surface area contributed by atoms with Gasteiger partial charge in [-0.05, 0) is 48.2 Å². The number of benzene rings is 2. The van der Waals surface area contributed by atoms with Crippen molar-refractivity contribution in [1.29, 1.82) is 0 Å². The Balaban J connectivity index is 1.22. The molecule has 1 fully saturated rings. The molecule has 7 heteroatoms. The van der Waals surface area contributed by atoms with Gasteiger partial charge in [0, 0.05) is 31.3 Å². The number of carbonyl (C=O) groups excluding carboxylic acids is 1. The van der Waals surface area contributed by atoms with Gasteiger partial charge < -0.3 is 15.0 Å². The lowest BCUT2D eigenvalue weighted by atomic mass is 9.96. The van der Waals surface area contributed by atoms with E-state index in [1.165, 1.54) is 5.56 Å². The third kappa shape index (κ3) is 6.01. The molecule has 1 N–H and O–H groups in total. The predicted octanol–water partition coefficient (Wildman–Crippen LogP) is 4.31. The van der Waals surface area contributed by atoms with Crippen molar-refractivity contribution in [3.8, 4) is 5.75 Å². The van der Waals surface area contributed by atoms with Gasteiger partial charge in [-0.3, -0.25) is 4.79 Å². The fraction of sp³-hybridized carbons (Fsp3) is 0.320. The Kier molecular flexibility index (Phi) is 7.61. The lowest BCUT2D eigenvalue weighted by Gasteiger charge is -2.31. The van der Waals surface area contributed by atoms with Crippen LogP contribution in [0, 0.1) is 5.92 Å². The van der Waals surface area contributed by atoms with Gasteiger partial charge in [0.1, 0.15) is 10.8 Å². The molecule has 1 aromatic heterocycles. The van der Waals surface area contributed by atoms with Gasteiger partial charge in [0.05, 0.1) is 7.11 Å². The molecular formula is C25H28N4O2S. The molecule has 2 aromatic carbocycles. The number of methoxy groups -OCH3 is 1. The number of piperidine rings is 1. The van der Waals surface area contributed by atoms with Gasteiger partial charge in [-0.25, -0.2) is 0 Å². The Morgan fingerprint density at radius 3 is 2.53 bits per heavy atom. The Morgan fingerprint density at radius 1 is 1.03 bits per heavy atom. The highest BCUT2D eigenvalue weighted by Crippen LogP contribution is 2.25. The number of ether oxygens (including phenoxy) is 1. The van der Waals surface area contributed by atoms with Crippen LogP contribution in [0.2, 0.25) is 0 Å². The minimum atomic E-state index is 0.0329. The Hall–Kier alpha value is -3.06. The van der Waals surface area contributed by atoms with Gasteiger partial charge in [0.15, 0.2) is 5.82 Å². The molecule has 1 amide bonds. The molecule has 0 saturated carbocycles. The van der Waals surface area contributed by atoms with E-state index in [9.17, 15) is 4.79 Å². The number of amides is 1. The van der Waals surface area contributed by atoms with E-state index < -0.39 is 0 Å². The first kappa shape index (κ1) is 22.1. The first-order valence-corrected chi connectivity index (χ1v) is 11.9. The van der Waals surface area contributed by atoms with E-state index in [0.29, 0.717) is 6.54 Å². The summed E-state index contributed by atoms with van der Waals surface area (Å²) in [5.41, 5.74) is 2.31. The third-order valence-electron chi connectivity index (χ3n) is 5.65. The Labute approximate surface area is 193 Å². The van der Waals surface area contributed by atoms with Crippen molar-refractivity contribution in [3.05, 3.63) is 77.9 Å². The summed E-state index contributed by atoms with van der Waals surface area (Å²) in [6.07, 6.45) is 1.63. The fourth-order valence-electron chi connectivity index (χ4n) is 3.78. The summed E-state index contributed by atoms with van der Waals surface area (Å²) in [4.78, 5) is 14.8. The molecule has 0 spiro atoms. The number of rotatable bonds is 8. The van der Waals surface area contributed by atoms with E-state index in [4.69, 9.17) is 4.74 Å². The molecule has 0 atom stereocenters. The molecule has 2 heterocycles. The van der Waals surface area contributed by atoms with E-state index in [1.54, 1.807) is 18.9 Å². The zero-order chi connectivity index (χ0) is 22.2. The number of thioether (sulfide) groups is 1. The van der Waals surface area contributed by atoms with Crippen molar-refractivity contribution >= 4 is 23.5 Å². The van der Waals surface area contributed by atoms with Crippen LogP contribution in [0.3, 0.4) is 0 Å². The summed E-state index contributed by atoms with van der Waals surface area (Å²) in [6.45, 7) is 2.13. The second-order valence-electron chi connectivity index (χ2n) is 7.83. The quantitative estimate of drug-likeness (QED) is 0.518. The summed E-state index contributed by atoms with van der Waals surface area (Å²) in [5.74, 6) is 2.71. The first-order chi connectivity index (χ1) is 15.7. The van der Waals surface area contributed by atoms with Crippen molar-refractivity contribution < 1.29 is 9.53 Å². The molecule has 32 heavy (non-hydrogen) atoms. The van der Waals surface area contributed by atoms with Crippen molar-refractivity contribution in [1.82, 2.24) is 15.5 Å². The van der Waals surface area contributed by atoms with Crippen LogP contribution in [0.25, 0.3) is 0 Å². The van der Waals surface area contributed by atoms with Crippen molar-refractivity contribution in [2.45, 2.75) is 30.2 Å². The maximum absolute atomic E-state index is 12.6. The van der Waals surface area contributed by atoms with E-state index >= 15 is 0 Å². The average molecular weight is 449 g/mol. The van der Waals surface area contributed by atoms with E-state index in [-0.39, 0.29) is 11.8 Å². The van der Waals surface area contributed by atoms with Crippen molar-refractivity contribution in [2.75, 3.05) is 25.1 Å². The normalized spacial score (nSPS) is 14.2. The minimum Gasteiger partial charge on any atom is -0.497 e. The van der Waals surface area contributed by atoms with Crippen LogP contribution < -0.4 is 15.0 Å². The van der Waals surface area contributed by atoms with Gasteiger partial charge in [0.2, 0.25) is 5.91 Å². The predicted molar refractivity (Wildman–Crippen MR) is 128 cm³/mol. The topological polar surface area (TPSA) is 67.3 Å².